The van der Waals surface area contributed by atoms with E-state index < -0.39 is 23.7 Å². The zero-order valence-corrected chi connectivity index (χ0v) is 15.5. The van der Waals surface area contributed by atoms with Crippen molar-refractivity contribution in [2.75, 3.05) is 14.2 Å². The first-order valence-corrected chi connectivity index (χ1v) is 7.87. The van der Waals surface area contributed by atoms with Gasteiger partial charge in [0.05, 0.1) is 19.9 Å². The maximum atomic E-state index is 12.4. The van der Waals surface area contributed by atoms with Crippen molar-refractivity contribution < 1.29 is 42.0 Å². The summed E-state index contributed by atoms with van der Waals surface area (Å²) in [6.07, 6.45) is -3.69. The molecule has 1 heterocycles. The number of methoxy groups -OCH3 is 2. The number of aromatic nitrogens is 1. The Morgan fingerprint density at radius 2 is 1.75 bits per heavy atom. The van der Waals surface area contributed by atoms with E-state index in [9.17, 15) is 23.1 Å². The van der Waals surface area contributed by atoms with E-state index in [0.717, 1.165) is 12.1 Å². The number of rotatable bonds is 6. The first-order valence-electron chi connectivity index (χ1n) is 7.87. The van der Waals surface area contributed by atoms with Crippen molar-refractivity contribution in [3.05, 3.63) is 41.7 Å². The maximum absolute atomic E-state index is 12.4. The maximum Gasteiger partial charge on any atom is 0.573 e. The second-order valence-electron chi connectivity index (χ2n) is 6.08. The highest BCUT2D eigenvalue weighted by atomic mass is 19.4. The first kappa shape index (κ1) is 21.3. The third kappa shape index (κ3) is 5.26. The molecule has 0 aliphatic carbocycles. The summed E-state index contributed by atoms with van der Waals surface area (Å²) in [5.41, 5.74) is -1.18. The molecule has 0 atom stereocenters. The molecule has 10 heteroatoms. The zero-order chi connectivity index (χ0) is 21.1. The van der Waals surface area contributed by atoms with Crippen molar-refractivity contribution in [3.63, 3.8) is 0 Å². The Labute approximate surface area is 158 Å². The fourth-order valence-electron chi connectivity index (χ4n) is 2.17. The molecule has 0 amide bonds. The van der Waals surface area contributed by atoms with Gasteiger partial charge in [0.2, 0.25) is 0 Å². The minimum absolute atomic E-state index is 0.00933. The number of hydrogen-bond donors (Lipinski definition) is 1. The molecule has 1 aromatic carbocycles. The van der Waals surface area contributed by atoms with Gasteiger partial charge in [-0.2, -0.15) is 0 Å². The van der Waals surface area contributed by atoms with Gasteiger partial charge in [-0.05, 0) is 26.0 Å². The number of aliphatic hydroxyl groups is 1. The Morgan fingerprint density at radius 1 is 1.07 bits per heavy atom. The van der Waals surface area contributed by atoms with Gasteiger partial charge in [-0.25, -0.2) is 4.79 Å². The summed E-state index contributed by atoms with van der Waals surface area (Å²) in [6.45, 7) is 2.97. The lowest BCUT2D eigenvalue weighted by Gasteiger charge is -2.19. The molecule has 0 radical (unpaired) electrons. The highest BCUT2D eigenvalue weighted by Crippen LogP contribution is 2.38. The number of ether oxygens (including phenoxy) is 4. The van der Waals surface area contributed by atoms with Crippen LogP contribution in [0.1, 0.15) is 29.9 Å². The first-order chi connectivity index (χ1) is 12.9. The fraction of sp³-hybridized carbons (Fsp3) is 0.333. The van der Waals surface area contributed by atoms with Crippen molar-refractivity contribution in [1.82, 2.24) is 4.98 Å². The van der Waals surface area contributed by atoms with E-state index in [2.05, 4.69) is 14.5 Å². The largest absolute Gasteiger partial charge is 0.573 e. The lowest BCUT2D eigenvalue weighted by atomic mass is 10.0. The van der Waals surface area contributed by atoms with E-state index in [1.807, 2.05) is 0 Å². The Hall–Kier alpha value is -3.01. The molecule has 0 saturated heterocycles. The van der Waals surface area contributed by atoms with Crippen LogP contribution in [-0.4, -0.2) is 36.6 Å². The molecular weight excluding hydrogens is 383 g/mol. The van der Waals surface area contributed by atoms with Crippen LogP contribution in [0.2, 0.25) is 0 Å². The topological polar surface area (TPSA) is 87.1 Å². The minimum Gasteiger partial charge on any atom is -0.493 e. The van der Waals surface area contributed by atoms with Gasteiger partial charge in [-0.1, -0.05) is 0 Å². The molecule has 0 aliphatic rings. The van der Waals surface area contributed by atoms with Crippen LogP contribution in [0.5, 0.6) is 23.0 Å². The van der Waals surface area contributed by atoms with Crippen molar-refractivity contribution >= 4 is 5.97 Å². The van der Waals surface area contributed by atoms with Gasteiger partial charge in [0.25, 0.3) is 0 Å². The van der Waals surface area contributed by atoms with Gasteiger partial charge in [-0.15, -0.1) is 13.2 Å². The number of benzene rings is 1. The van der Waals surface area contributed by atoms with Crippen LogP contribution in [-0.2, 0) is 10.3 Å². The number of carbonyl (C=O) groups is 1. The van der Waals surface area contributed by atoms with Gasteiger partial charge >= 0.3 is 12.3 Å². The monoisotopic (exact) mass is 401 g/mol. The van der Waals surface area contributed by atoms with Crippen LogP contribution >= 0.6 is 0 Å². The molecule has 1 aromatic heterocycles. The number of carbonyl (C=O) groups excluding carboxylic acids is 1. The molecule has 1 N–H and O–H groups in total. The van der Waals surface area contributed by atoms with Crippen LogP contribution in [0.25, 0.3) is 0 Å². The lowest BCUT2D eigenvalue weighted by molar-refractivity contribution is -0.274. The highest BCUT2D eigenvalue weighted by molar-refractivity contribution is 5.92. The van der Waals surface area contributed by atoms with Crippen LogP contribution in [0.3, 0.4) is 0 Å². The summed E-state index contributed by atoms with van der Waals surface area (Å²) >= 11 is 0. The van der Waals surface area contributed by atoms with Crippen LogP contribution in [0, 0.1) is 0 Å². The zero-order valence-electron chi connectivity index (χ0n) is 15.5. The van der Waals surface area contributed by atoms with Crippen molar-refractivity contribution in [3.8, 4) is 23.0 Å². The molecule has 0 bridgehead atoms. The molecule has 2 rings (SSSR count). The van der Waals surface area contributed by atoms with Gasteiger partial charge in [0.1, 0.15) is 22.7 Å². The van der Waals surface area contributed by atoms with Gasteiger partial charge < -0.3 is 24.1 Å². The van der Waals surface area contributed by atoms with E-state index in [1.54, 1.807) is 0 Å². The molecule has 0 unspecified atom stereocenters. The standard InChI is InChI=1S/C18H18F3NO6/c1-17(2,24)15-8-13(11(9-22-15)16(23)26-4)27-12-6-5-10(7-14(12)25-3)28-18(19,20)21/h5-9,24H,1-4H3. The van der Waals surface area contributed by atoms with Gasteiger partial charge in [0.15, 0.2) is 11.5 Å². The van der Waals surface area contributed by atoms with Crippen LogP contribution in [0.15, 0.2) is 30.5 Å². The van der Waals surface area contributed by atoms with Gasteiger partial charge in [0, 0.05) is 18.3 Å². The molecule has 0 saturated carbocycles. The minimum atomic E-state index is -4.86. The normalized spacial score (nSPS) is 11.7. The SMILES string of the molecule is COC(=O)c1cnc(C(C)(C)O)cc1Oc1ccc(OC(F)(F)F)cc1OC. The number of hydrogen-bond acceptors (Lipinski definition) is 7. The average Bonchev–Trinajstić information content (AvgIpc) is 2.60. The summed E-state index contributed by atoms with van der Waals surface area (Å²) in [7, 11) is 2.40. The lowest BCUT2D eigenvalue weighted by Crippen LogP contribution is -2.18. The highest BCUT2D eigenvalue weighted by Gasteiger charge is 2.31. The summed E-state index contributed by atoms with van der Waals surface area (Å²) < 4.78 is 56.4. The Balaban J connectivity index is 2.46. The van der Waals surface area contributed by atoms with E-state index in [4.69, 9.17) is 9.47 Å². The molecule has 28 heavy (non-hydrogen) atoms. The number of nitrogens with zero attached hydrogens (tertiary/aromatic N) is 1. The van der Waals surface area contributed by atoms with Gasteiger partial charge in [-0.3, -0.25) is 4.98 Å². The number of pyridine rings is 1. The third-order valence-electron chi connectivity index (χ3n) is 3.49. The fourth-order valence-corrected chi connectivity index (χ4v) is 2.17. The van der Waals surface area contributed by atoms with Crippen LogP contribution in [0.4, 0.5) is 13.2 Å². The predicted octanol–water partition coefficient (Wildman–Crippen LogP) is 3.80. The van der Waals surface area contributed by atoms with Crippen LogP contribution < -0.4 is 14.2 Å². The van der Waals surface area contributed by atoms with E-state index in [1.165, 1.54) is 46.4 Å². The van der Waals surface area contributed by atoms with E-state index in [-0.39, 0.29) is 28.5 Å². The van der Waals surface area contributed by atoms with E-state index >= 15 is 0 Å². The summed E-state index contributed by atoms with van der Waals surface area (Å²) in [6, 6.07) is 4.52. The summed E-state index contributed by atoms with van der Waals surface area (Å²) in [5.74, 6) is -1.34. The van der Waals surface area contributed by atoms with Crippen molar-refractivity contribution in [2.24, 2.45) is 0 Å². The van der Waals surface area contributed by atoms with Crippen molar-refractivity contribution in [1.29, 1.82) is 0 Å². The second kappa shape index (κ2) is 7.93. The molecule has 0 aliphatic heterocycles. The average molecular weight is 401 g/mol. The van der Waals surface area contributed by atoms with Crippen molar-refractivity contribution in [2.45, 2.75) is 25.8 Å². The smallest absolute Gasteiger partial charge is 0.493 e. The summed E-state index contributed by atoms with van der Waals surface area (Å²) in [5, 5.41) is 10.1. The molecular formula is C18H18F3NO6. The molecule has 7 nitrogen and oxygen atoms in total. The molecule has 2 aromatic rings. The number of esters is 1. The molecule has 152 valence electrons. The Kier molecular flexibility index (Phi) is 6.03. The summed E-state index contributed by atoms with van der Waals surface area (Å²) in [4.78, 5) is 16.0. The second-order valence-corrected chi connectivity index (χ2v) is 6.08. The van der Waals surface area contributed by atoms with E-state index in [0.29, 0.717) is 0 Å². The Morgan fingerprint density at radius 3 is 2.29 bits per heavy atom. The quantitative estimate of drug-likeness (QED) is 0.737. The molecule has 0 fully saturated rings. The number of halogens is 3. The number of alkyl halides is 3. The Bertz CT molecular complexity index is 861. The third-order valence-corrected chi connectivity index (χ3v) is 3.49. The molecule has 0 spiro atoms. The predicted molar refractivity (Wildman–Crippen MR) is 90.6 cm³/mol.